The van der Waals surface area contributed by atoms with E-state index in [1.165, 1.54) is 0 Å². The van der Waals surface area contributed by atoms with Crippen LogP contribution < -0.4 is 0 Å². The van der Waals surface area contributed by atoms with E-state index in [0.29, 0.717) is 0 Å². The van der Waals surface area contributed by atoms with Crippen LogP contribution in [0.25, 0.3) is 0 Å². The molecule has 0 rings (SSSR count). The summed E-state index contributed by atoms with van der Waals surface area (Å²) in [4.78, 5) is 11.1. The van der Waals surface area contributed by atoms with Crippen LogP contribution in [0.3, 0.4) is 0 Å². The average molecular weight is 157 g/mol. The first-order valence-electron chi connectivity index (χ1n) is 4.11. The molecule has 0 aliphatic carbocycles. The van der Waals surface area contributed by atoms with Crippen LogP contribution in [-0.4, -0.2) is 12.1 Å². The Balaban J connectivity index is 3.64. The number of carbonyl (C=O) groups excluding carboxylic acids is 1. The molecule has 1 atom stereocenters. The zero-order chi connectivity index (χ0) is 8.85. The van der Waals surface area contributed by atoms with Crippen molar-refractivity contribution in [2.75, 3.05) is 0 Å². The predicted octanol–water partition coefficient (Wildman–Crippen LogP) is 2.19. The van der Waals surface area contributed by atoms with Gasteiger partial charge in [0, 0.05) is 0 Å². The summed E-state index contributed by atoms with van der Waals surface area (Å²) in [5.41, 5.74) is 0. The van der Waals surface area contributed by atoms with Crippen LogP contribution in [-0.2, 0) is 9.53 Å². The molecule has 0 amide bonds. The first kappa shape index (κ1) is 10.5. The fraction of sp³-hybridized carbons (Fsp3) is 0.778. The lowest BCUT2D eigenvalue weighted by Gasteiger charge is -2.12. The number of ether oxygens (including phenoxy) is 1. The van der Waals surface area contributed by atoms with Gasteiger partial charge in [-0.05, 0) is 27.2 Å². The van der Waals surface area contributed by atoms with Crippen molar-refractivity contribution in [3.63, 3.8) is 0 Å². The fourth-order valence-corrected chi connectivity index (χ4v) is 0.795. The first-order valence-corrected chi connectivity index (χ1v) is 4.11. The summed E-state index contributed by atoms with van der Waals surface area (Å²) in [7, 11) is 0. The Kier molecular flexibility index (Phi) is 4.92. The SMILES string of the molecule is [CH2]C(CCC)C(=O)OC(C)C. The van der Waals surface area contributed by atoms with Crippen molar-refractivity contribution in [2.45, 2.75) is 39.7 Å². The minimum absolute atomic E-state index is 0.0244. The quantitative estimate of drug-likeness (QED) is 0.585. The molecule has 0 fully saturated rings. The molecule has 0 aliphatic heterocycles. The zero-order valence-corrected chi connectivity index (χ0v) is 7.59. The molecule has 65 valence electrons. The molecule has 0 bridgehead atoms. The molecular weight excluding hydrogens is 140 g/mol. The van der Waals surface area contributed by atoms with Crippen molar-refractivity contribution in [3.05, 3.63) is 6.92 Å². The van der Waals surface area contributed by atoms with Gasteiger partial charge in [-0.15, -0.1) is 0 Å². The molecule has 0 saturated carbocycles. The Hall–Kier alpha value is -0.530. The monoisotopic (exact) mass is 157 g/mol. The maximum absolute atomic E-state index is 11.1. The van der Waals surface area contributed by atoms with Gasteiger partial charge in [-0.2, -0.15) is 0 Å². The first-order chi connectivity index (χ1) is 5.07. The van der Waals surface area contributed by atoms with Crippen molar-refractivity contribution in [1.82, 2.24) is 0 Å². The molecule has 2 heteroatoms. The highest BCUT2D eigenvalue weighted by Gasteiger charge is 2.13. The van der Waals surface area contributed by atoms with Gasteiger partial charge in [0.05, 0.1) is 12.0 Å². The van der Waals surface area contributed by atoms with Gasteiger partial charge in [-0.25, -0.2) is 0 Å². The number of hydrogen-bond donors (Lipinski definition) is 0. The number of hydrogen-bond acceptors (Lipinski definition) is 2. The summed E-state index contributed by atoms with van der Waals surface area (Å²) in [6.07, 6.45) is 1.76. The third-order valence-corrected chi connectivity index (χ3v) is 1.32. The van der Waals surface area contributed by atoms with Gasteiger partial charge in [-0.3, -0.25) is 4.79 Å². The fourth-order valence-electron chi connectivity index (χ4n) is 0.795. The lowest BCUT2D eigenvalue weighted by atomic mass is 10.1. The normalized spacial score (nSPS) is 13.2. The minimum atomic E-state index is -0.192. The molecule has 0 aromatic heterocycles. The number of esters is 1. The Labute approximate surface area is 68.9 Å². The predicted molar refractivity (Wildman–Crippen MR) is 45.0 cm³/mol. The second kappa shape index (κ2) is 5.16. The average Bonchev–Trinajstić information content (AvgIpc) is 1.86. The summed E-state index contributed by atoms with van der Waals surface area (Å²) >= 11 is 0. The van der Waals surface area contributed by atoms with Gasteiger partial charge in [-0.1, -0.05) is 13.3 Å². The smallest absolute Gasteiger partial charge is 0.309 e. The van der Waals surface area contributed by atoms with Gasteiger partial charge in [0.2, 0.25) is 0 Å². The molecule has 1 radical (unpaired) electrons. The lowest BCUT2D eigenvalue weighted by molar-refractivity contribution is -0.150. The second-order valence-electron chi connectivity index (χ2n) is 2.97. The van der Waals surface area contributed by atoms with Gasteiger partial charge in [0.1, 0.15) is 0 Å². The van der Waals surface area contributed by atoms with E-state index in [-0.39, 0.29) is 18.0 Å². The molecule has 1 unspecified atom stereocenters. The molecule has 0 aromatic carbocycles. The van der Waals surface area contributed by atoms with Crippen LogP contribution in [0.15, 0.2) is 0 Å². The number of rotatable bonds is 4. The van der Waals surface area contributed by atoms with Crippen molar-refractivity contribution >= 4 is 5.97 Å². The third kappa shape index (κ3) is 4.82. The van der Waals surface area contributed by atoms with E-state index in [2.05, 4.69) is 6.92 Å². The highest BCUT2D eigenvalue weighted by atomic mass is 16.5. The van der Waals surface area contributed by atoms with E-state index in [1.54, 1.807) is 0 Å². The van der Waals surface area contributed by atoms with Crippen molar-refractivity contribution in [1.29, 1.82) is 0 Å². The summed E-state index contributed by atoms with van der Waals surface area (Å²) in [5, 5.41) is 0. The van der Waals surface area contributed by atoms with E-state index >= 15 is 0 Å². The van der Waals surface area contributed by atoms with Crippen molar-refractivity contribution in [2.24, 2.45) is 5.92 Å². The Morgan fingerprint density at radius 2 is 2.09 bits per heavy atom. The van der Waals surface area contributed by atoms with Gasteiger partial charge < -0.3 is 4.74 Å². The van der Waals surface area contributed by atoms with Crippen molar-refractivity contribution in [3.8, 4) is 0 Å². The lowest BCUT2D eigenvalue weighted by Crippen LogP contribution is -2.18. The van der Waals surface area contributed by atoms with E-state index in [4.69, 9.17) is 4.74 Å². The molecule has 0 heterocycles. The summed E-state index contributed by atoms with van der Waals surface area (Å²) in [5.74, 6) is -0.371. The molecular formula is C9H17O2. The van der Waals surface area contributed by atoms with E-state index < -0.39 is 0 Å². The van der Waals surface area contributed by atoms with Crippen LogP contribution in [0.5, 0.6) is 0 Å². The highest BCUT2D eigenvalue weighted by molar-refractivity contribution is 5.73. The van der Waals surface area contributed by atoms with E-state index in [1.807, 2.05) is 20.8 Å². The van der Waals surface area contributed by atoms with Gasteiger partial charge >= 0.3 is 5.97 Å². The molecule has 11 heavy (non-hydrogen) atoms. The second-order valence-corrected chi connectivity index (χ2v) is 2.97. The van der Waals surface area contributed by atoms with E-state index in [0.717, 1.165) is 12.8 Å². The molecule has 2 nitrogen and oxygen atoms in total. The van der Waals surface area contributed by atoms with Crippen LogP contribution in [0.4, 0.5) is 0 Å². The number of carbonyl (C=O) groups is 1. The van der Waals surface area contributed by atoms with Crippen LogP contribution in [0.2, 0.25) is 0 Å². The summed E-state index contributed by atoms with van der Waals surface area (Å²) in [6, 6.07) is 0. The minimum Gasteiger partial charge on any atom is -0.463 e. The summed E-state index contributed by atoms with van der Waals surface area (Å²) in [6.45, 7) is 9.42. The Morgan fingerprint density at radius 1 is 1.55 bits per heavy atom. The molecule has 0 spiro atoms. The molecule has 0 aliphatic rings. The van der Waals surface area contributed by atoms with Crippen molar-refractivity contribution < 1.29 is 9.53 Å². The van der Waals surface area contributed by atoms with Gasteiger partial charge in [0.25, 0.3) is 0 Å². The molecule has 0 aromatic rings. The van der Waals surface area contributed by atoms with Crippen LogP contribution >= 0.6 is 0 Å². The summed E-state index contributed by atoms with van der Waals surface area (Å²) < 4.78 is 4.96. The maximum atomic E-state index is 11.1. The van der Waals surface area contributed by atoms with Crippen LogP contribution in [0.1, 0.15) is 33.6 Å². The standard InChI is InChI=1S/C9H17O2/c1-5-6-8(4)9(10)11-7(2)3/h7-8H,4-6H2,1-3H3. The Morgan fingerprint density at radius 3 is 2.45 bits per heavy atom. The zero-order valence-electron chi connectivity index (χ0n) is 7.59. The largest absolute Gasteiger partial charge is 0.463 e. The molecule has 0 N–H and O–H groups in total. The maximum Gasteiger partial charge on any atom is 0.309 e. The van der Waals surface area contributed by atoms with Crippen LogP contribution in [0, 0.1) is 12.8 Å². The molecule has 0 saturated heterocycles. The van der Waals surface area contributed by atoms with E-state index in [9.17, 15) is 4.79 Å². The van der Waals surface area contributed by atoms with Gasteiger partial charge in [0.15, 0.2) is 0 Å². The third-order valence-electron chi connectivity index (χ3n) is 1.32. The topological polar surface area (TPSA) is 26.3 Å². The Bertz CT molecular complexity index is 119. The highest BCUT2D eigenvalue weighted by Crippen LogP contribution is 2.07.